The lowest BCUT2D eigenvalue weighted by Crippen LogP contribution is -2.49. The number of anilines is 1. The first-order valence-corrected chi connectivity index (χ1v) is 10.7. The molecule has 0 atom stereocenters. The van der Waals surface area contributed by atoms with Gasteiger partial charge in [-0.2, -0.15) is 0 Å². The number of ether oxygens (including phenoxy) is 1. The van der Waals surface area contributed by atoms with Crippen LogP contribution < -0.4 is 5.32 Å². The topological polar surface area (TPSA) is 135 Å². The first-order chi connectivity index (χ1) is 15.9. The van der Waals surface area contributed by atoms with E-state index in [4.69, 9.17) is 4.74 Å². The molecule has 0 saturated heterocycles. The predicted octanol–water partition coefficient (Wildman–Crippen LogP) is 2.34. The Morgan fingerprint density at radius 1 is 1.06 bits per heavy atom. The predicted molar refractivity (Wildman–Crippen MR) is 117 cm³/mol. The summed E-state index contributed by atoms with van der Waals surface area (Å²) in [6, 6.07) is 9.12. The fourth-order valence-corrected chi connectivity index (χ4v) is 4.52. The largest absolute Gasteiger partial charge is 0.450 e. The summed E-state index contributed by atoms with van der Waals surface area (Å²) in [6.45, 7) is -0.0651. The van der Waals surface area contributed by atoms with Crippen LogP contribution in [-0.2, 0) is 21.7 Å². The number of fused-ring (bicyclic) bond motifs is 2. The van der Waals surface area contributed by atoms with Crippen molar-refractivity contribution in [3.8, 4) is 11.1 Å². The molecule has 5 rings (SSSR count). The summed E-state index contributed by atoms with van der Waals surface area (Å²) < 4.78 is 5.66. The molecule has 1 amide bonds. The van der Waals surface area contributed by atoms with Crippen LogP contribution in [0.1, 0.15) is 47.2 Å². The molecular weight excluding hydrogens is 424 g/mol. The number of aromatic nitrogens is 3. The van der Waals surface area contributed by atoms with Gasteiger partial charge in [-0.1, -0.05) is 18.2 Å². The van der Waals surface area contributed by atoms with Crippen molar-refractivity contribution in [2.45, 2.75) is 43.5 Å². The molecule has 33 heavy (non-hydrogen) atoms. The number of carbonyl (C=O) groups excluding carboxylic acids is 2. The van der Waals surface area contributed by atoms with Crippen molar-refractivity contribution in [3.63, 3.8) is 0 Å². The number of aliphatic hydroxyl groups excluding tert-OH is 1. The van der Waals surface area contributed by atoms with E-state index >= 15 is 0 Å². The first-order valence-electron chi connectivity index (χ1n) is 10.7. The summed E-state index contributed by atoms with van der Waals surface area (Å²) in [5.74, 6) is -0.933. The molecule has 3 aromatic rings. The fourth-order valence-electron chi connectivity index (χ4n) is 4.52. The van der Waals surface area contributed by atoms with E-state index in [0.29, 0.717) is 18.4 Å². The Labute approximate surface area is 189 Å². The molecule has 3 heterocycles. The van der Waals surface area contributed by atoms with Crippen LogP contribution in [0, 0.1) is 0 Å². The van der Waals surface area contributed by atoms with E-state index in [9.17, 15) is 19.8 Å². The number of carbonyl (C=O) groups is 2. The second kappa shape index (κ2) is 8.02. The van der Waals surface area contributed by atoms with Crippen LogP contribution >= 0.6 is 0 Å². The van der Waals surface area contributed by atoms with Gasteiger partial charge in [-0.25, -0.2) is 14.8 Å². The number of aliphatic hydroxyl groups is 2. The SMILES string of the molecule is O=C1O[C@]2(CC[C@@](O)(C(=O)Nc3ncc(-c4cccc(CO)c4)cn3)CC2)c2ccncc21. The number of nitrogens with zero attached hydrogens (tertiary/aromatic N) is 3. The standard InChI is InChI=1S/C24H22N4O5/c29-14-15-2-1-3-16(10-15)17-11-26-22(27-12-17)28-21(31)23(32)5-7-24(8-6-23)19-4-9-25-13-18(19)20(30)33-24/h1-4,9-13,29,32H,5-8,14H2,(H,26,27,28,31)/t23-,24-. The van der Waals surface area contributed by atoms with Crippen molar-refractivity contribution in [1.29, 1.82) is 0 Å². The van der Waals surface area contributed by atoms with E-state index in [0.717, 1.165) is 22.3 Å². The van der Waals surface area contributed by atoms with Crippen molar-refractivity contribution in [3.05, 3.63) is 71.8 Å². The number of esters is 1. The zero-order valence-corrected chi connectivity index (χ0v) is 17.7. The van der Waals surface area contributed by atoms with Gasteiger partial charge >= 0.3 is 5.97 Å². The highest BCUT2D eigenvalue weighted by Gasteiger charge is 2.53. The lowest BCUT2D eigenvalue weighted by molar-refractivity contribution is -0.144. The van der Waals surface area contributed by atoms with Crippen molar-refractivity contribution in [1.82, 2.24) is 15.0 Å². The molecule has 1 spiro atoms. The van der Waals surface area contributed by atoms with Crippen molar-refractivity contribution in [2.24, 2.45) is 0 Å². The maximum atomic E-state index is 12.9. The minimum atomic E-state index is -1.62. The van der Waals surface area contributed by atoms with Gasteiger partial charge in [-0.3, -0.25) is 15.1 Å². The summed E-state index contributed by atoms with van der Waals surface area (Å²) in [4.78, 5) is 37.4. The summed E-state index contributed by atoms with van der Waals surface area (Å²) in [6.07, 6.45) is 7.13. The van der Waals surface area contributed by atoms with E-state index < -0.39 is 23.1 Å². The average molecular weight is 446 g/mol. The van der Waals surface area contributed by atoms with Gasteiger partial charge in [0.05, 0.1) is 12.2 Å². The lowest BCUT2D eigenvalue weighted by atomic mass is 9.72. The molecule has 0 unspecified atom stereocenters. The Morgan fingerprint density at radius 2 is 1.82 bits per heavy atom. The van der Waals surface area contributed by atoms with Crippen molar-refractivity contribution < 1.29 is 24.5 Å². The maximum absolute atomic E-state index is 12.9. The summed E-state index contributed by atoms with van der Waals surface area (Å²) in [5, 5.41) is 22.9. The van der Waals surface area contributed by atoms with Crippen LogP contribution in [-0.4, -0.2) is 42.6 Å². The molecule has 1 aliphatic heterocycles. The molecule has 9 heteroatoms. The molecule has 3 N–H and O–H groups in total. The highest BCUT2D eigenvalue weighted by Crippen LogP contribution is 2.49. The van der Waals surface area contributed by atoms with Gasteiger partial charge in [-0.15, -0.1) is 0 Å². The van der Waals surface area contributed by atoms with E-state index in [-0.39, 0.29) is 25.4 Å². The maximum Gasteiger partial charge on any atom is 0.341 e. The van der Waals surface area contributed by atoms with Crippen LogP contribution in [0.5, 0.6) is 0 Å². The quantitative estimate of drug-likeness (QED) is 0.520. The van der Waals surface area contributed by atoms with Gasteiger partial charge in [0.2, 0.25) is 5.95 Å². The number of rotatable bonds is 4. The molecule has 1 aromatic carbocycles. The number of pyridine rings is 1. The molecule has 2 aliphatic rings. The number of nitrogens with one attached hydrogen (secondary N) is 1. The molecule has 9 nitrogen and oxygen atoms in total. The summed E-state index contributed by atoms with van der Waals surface area (Å²) in [5.41, 5.74) is 1.09. The van der Waals surface area contributed by atoms with Crippen molar-refractivity contribution in [2.75, 3.05) is 5.32 Å². The number of hydrogen-bond acceptors (Lipinski definition) is 8. The molecular formula is C24H22N4O5. The molecule has 1 saturated carbocycles. The van der Waals surface area contributed by atoms with Gasteiger partial charge in [0, 0.05) is 35.9 Å². The van der Waals surface area contributed by atoms with Gasteiger partial charge in [0.1, 0.15) is 11.2 Å². The zero-order chi connectivity index (χ0) is 23.1. The van der Waals surface area contributed by atoms with E-state index in [1.54, 1.807) is 24.7 Å². The van der Waals surface area contributed by atoms with Crippen molar-refractivity contribution >= 4 is 17.8 Å². The molecule has 1 aliphatic carbocycles. The van der Waals surface area contributed by atoms with Gasteiger partial charge in [-0.05, 0) is 48.9 Å². The molecule has 0 radical (unpaired) electrons. The second-order valence-electron chi connectivity index (χ2n) is 8.44. The third-order valence-corrected chi connectivity index (χ3v) is 6.45. The van der Waals surface area contributed by atoms with Gasteiger partial charge in [0.15, 0.2) is 0 Å². The van der Waals surface area contributed by atoms with E-state index in [1.807, 2.05) is 24.3 Å². The normalized spacial score (nSPS) is 23.8. The Bertz CT molecular complexity index is 1220. The van der Waals surface area contributed by atoms with Crippen LogP contribution in [0.25, 0.3) is 11.1 Å². The summed E-state index contributed by atoms with van der Waals surface area (Å²) >= 11 is 0. The van der Waals surface area contributed by atoms with E-state index in [2.05, 4.69) is 20.3 Å². The zero-order valence-electron chi connectivity index (χ0n) is 17.7. The van der Waals surface area contributed by atoms with Crippen LogP contribution in [0.3, 0.4) is 0 Å². The van der Waals surface area contributed by atoms with E-state index in [1.165, 1.54) is 6.20 Å². The molecule has 2 aromatic heterocycles. The smallest absolute Gasteiger partial charge is 0.341 e. The average Bonchev–Trinajstić information content (AvgIpc) is 3.13. The van der Waals surface area contributed by atoms with Crippen LogP contribution in [0.15, 0.2) is 55.1 Å². The van der Waals surface area contributed by atoms with Gasteiger partial charge < -0.3 is 14.9 Å². The molecule has 0 bridgehead atoms. The highest BCUT2D eigenvalue weighted by molar-refractivity contribution is 5.96. The van der Waals surface area contributed by atoms with Gasteiger partial charge in [0.25, 0.3) is 5.91 Å². The Hall–Kier alpha value is -3.69. The minimum Gasteiger partial charge on any atom is -0.450 e. The lowest BCUT2D eigenvalue weighted by Gasteiger charge is -2.40. The highest BCUT2D eigenvalue weighted by atomic mass is 16.6. The third-order valence-electron chi connectivity index (χ3n) is 6.45. The molecule has 1 fully saturated rings. The Morgan fingerprint density at radius 3 is 2.55 bits per heavy atom. The summed E-state index contributed by atoms with van der Waals surface area (Å²) in [7, 11) is 0. The molecule has 168 valence electrons. The second-order valence-corrected chi connectivity index (χ2v) is 8.44. The number of hydrogen-bond donors (Lipinski definition) is 3. The Kier molecular flexibility index (Phi) is 5.15. The monoisotopic (exact) mass is 446 g/mol. The fraction of sp³-hybridized carbons (Fsp3) is 0.292. The van der Waals surface area contributed by atoms with Crippen LogP contribution in [0.2, 0.25) is 0 Å². The third kappa shape index (κ3) is 3.75. The Balaban J connectivity index is 1.27. The first kappa shape index (κ1) is 21.2. The minimum absolute atomic E-state index is 0.0651. The van der Waals surface area contributed by atoms with Crippen LogP contribution in [0.4, 0.5) is 5.95 Å². The number of benzene rings is 1. The number of amides is 1.